The van der Waals surface area contributed by atoms with Crippen LogP contribution in [-0.2, 0) is 4.79 Å². The number of nitriles is 1. The third-order valence-corrected chi connectivity index (χ3v) is 4.44. The van der Waals surface area contributed by atoms with E-state index in [0.29, 0.717) is 21.8 Å². The maximum absolute atomic E-state index is 12.6. The highest BCUT2D eigenvalue weighted by Gasteiger charge is 2.29. The number of pyridine rings is 1. The van der Waals surface area contributed by atoms with Gasteiger partial charge in [-0.25, -0.2) is 4.98 Å². The largest absolute Gasteiger partial charge is 0.324 e. The van der Waals surface area contributed by atoms with Crippen LogP contribution in [0.2, 0.25) is 5.02 Å². The predicted octanol–water partition coefficient (Wildman–Crippen LogP) is 4.16. The topological polar surface area (TPSA) is 82.9 Å². The molecule has 0 unspecified atom stereocenters. The van der Waals surface area contributed by atoms with Crippen molar-refractivity contribution in [1.82, 2.24) is 4.98 Å². The van der Waals surface area contributed by atoms with Gasteiger partial charge in [-0.2, -0.15) is 5.26 Å². The predicted molar refractivity (Wildman–Crippen MR) is 100.0 cm³/mol. The number of carbonyl (C=O) groups is 2. The van der Waals surface area contributed by atoms with E-state index in [-0.39, 0.29) is 5.69 Å². The second kappa shape index (κ2) is 7.34. The molecule has 0 spiro atoms. The zero-order valence-electron chi connectivity index (χ0n) is 13.9. The first-order valence-corrected chi connectivity index (χ1v) is 8.24. The summed E-state index contributed by atoms with van der Waals surface area (Å²) in [5.41, 5.74) is 1.83. The lowest BCUT2D eigenvalue weighted by atomic mass is 10.0. The monoisotopic (exact) mass is 363 g/mol. The molecule has 2 aromatic carbocycles. The Balaban J connectivity index is 1.87. The van der Waals surface area contributed by atoms with Crippen molar-refractivity contribution in [1.29, 1.82) is 5.26 Å². The lowest BCUT2D eigenvalue weighted by Crippen LogP contribution is -2.29. The van der Waals surface area contributed by atoms with Crippen LogP contribution in [0, 0.1) is 24.2 Å². The highest BCUT2D eigenvalue weighted by Crippen LogP contribution is 2.24. The minimum absolute atomic E-state index is 0.0771. The first-order valence-electron chi connectivity index (χ1n) is 7.87. The molecule has 1 amide bonds. The summed E-state index contributed by atoms with van der Waals surface area (Å²) < 4.78 is 0. The molecule has 0 bridgehead atoms. The standard InChI is InChI=1S/C20H14ClN3O2/c1-12-15(21)6-4-8-16(12)24-20(26)14(11-22)19(25)18-10-9-13-5-2-3-7-17(13)23-18/h2-10,14H,1H3,(H,24,26)/t14-/m1/s1. The Kier molecular flexibility index (Phi) is 4.97. The Labute approximate surface area is 155 Å². The molecule has 5 nitrogen and oxygen atoms in total. The number of benzene rings is 2. The molecular formula is C20H14ClN3O2. The van der Waals surface area contributed by atoms with Gasteiger partial charge in [0, 0.05) is 16.1 Å². The van der Waals surface area contributed by atoms with Gasteiger partial charge in [-0.3, -0.25) is 9.59 Å². The Bertz CT molecular complexity index is 1060. The number of hydrogen-bond acceptors (Lipinski definition) is 4. The number of carbonyl (C=O) groups excluding carboxylic acids is 2. The highest BCUT2D eigenvalue weighted by molar-refractivity contribution is 6.31. The fourth-order valence-electron chi connectivity index (χ4n) is 2.54. The molecule has 3 rings (SSSR count). The zero-order valence-corrected chi connectivity index (χ0v) is 14.6. The number of halogens is 1. The molecule has 0 aliphatic rings. The van der Waals surface area contributed by atoms with Gasteiger partial charge in [0.1, 0.15) is 5.69 Å². The summed E-state index contributed by atoms with van der Waals surface area (Å²) in [6.45, 7) is 1.74. The van der Waals surface area contributed by atoms with Gasteiger partial charge in [-0.15, -0.1) is 0 Å². The Morgan fingerprint density at radius 3 is 2.65 bits per heavy atom. The van der Waals surface area contributed by atoms with Crippen LogP contribution < -0.4 is 5.32 Å². The molecular weight excluding hydrogens is 350 g/mol. The summed E-state index contributed by atoms with van der Waals surface area (Å²) in [5.74, 6) is -2.85. The van der Waals surface area contributed by atoms with Gasteiger partial charge in [-0.05, 0) is 36.8 Å². The lowest BCUT2D eigenvalue weighted by molar-refractivity contribution is -0.117. The lowest BCUT2D eigenvalue weighted by Gasteiger charge is -2.12. The van der Waals surface area contributed by atoms with E-state index in [9.17, 15) is 14.9 Å². The van der Waals surface area contributed by atoms with E-state index < -0.39 is 17.6 Å². The van der Waals surface area contributed by atoms with E-state index in [1.165, 1.54) is 6.07 Å². The normalized spacial score (nSPS) is 11.6. The molecule has 1 atom stereocenters. The number of fused-ring (bicyclic) bond motifs is 1. The summed E-state index contributed by atoms with van der Waals surface area (Å²) in [6, 6.07) is 17.4. The maximum Gasteiger partial charge on any atom is 0.249 e. The number of anilines is 1. The van der Waals surface area contributed by atoms with Crippen LogP contribution in [0.25, 0.3) is 10.9 Å². The Morgan fingerprint density at radius 2 is 1.88 bits per heavy atom. The van der Waals surface area contributed by atoms with Crippen molar-refractivity contribution >= 4 is 39.9 Å². The number of Topliss-reactive ketones (excluding diaryl/α,β-unsaturated/α-hetero) is 1. The number of nitrogens with zero attached hydrogens (tertiary/aromatic N) is 2. The van der Waals surface area contributed by atoms with Crippen molar-refractivity contribution < 1.29 is 9.59 Å². The van der Waals surface area contributed by atoms with Crippen LogP contribution in [0.4, 0.5) is 5.69 Å². The summed E-state index contributed by atoms with van der Waals surface area (Å²) in [5, 5.41) is 13.3. The van der Waals surface area contributed by atoms with Crippen molar-refractivity contribution in [3.8, 4) is 6.07 Å². The second-order valence-corrected chi connectivity index (χ2v) is 6.12. The van der Waals surface area contributed by atoms with E-state index in [4.69, 9.17) is 11.6 Å². The minimum Gasteiger partial charge on any atom is -0.324 e. The highest BCUT2D eigenvalue weighted by atomic mass is 35.5. The van der Waals surface area contributed by atoms with E-state index in [0.717, 1.165) is 5.39 Å². The zero-order chi connectivity index (χ0) is 18.7. The average molecular weight is 364 g/mol. The first kappa shape index (κ1) is 17.6. The maximum atomic E-state index is 12.6. The number of para-hydroxylation sites is 1. The molecule has 3 aromatic rings. The quantitative estimate of drug-likeness (QED) is 0.557. The SMILES string of the molecule is Cc1c(Cl)cccc1NC(=O)[C@H](C#N)C(=O)c1ccc2ccccc2n1. The second-order valence-electron chi connectivity index (χ2n) is 5.72. The van der Waals surface area contributed by atoms with Crippen LogP contribution in [0.3, 0.4) is 0 Å². The molecule has 0 saturated heterocycles. The average Bonchev–Trinajstić information content (AvgIpc) is 2.65. The molecule has 128 valence electrons. The molecule has 1 heterocycles. The van der Waals surface area contributed by atoms with Gasteiger partial charge >= 0.3 is 0 Å². The molecule has 0 aliphatic carbocycles. The molecule has 0 fully saturated rings. The van der Waals surface area contributed by atoms with Crippen LogP contribution in [0.15, 0.2) is 54.6 Å². The number of ketones is 1. The Morgan fingerprint density at radius 1 is 1.12 bits per heavy atom. The van der Waals surface area contributed by atoms with Crippen molar-refractivity contribution in [3.63, 3.8) is 0 Å². The third kappa shape index (κ3) is 3.41. The molecule has 0 radical (unpaired) electrons. The Hall–Kier alpha value is -3.23. The van der Waals surface area contributed by atoms with Gasteiger partial charge in [0.25, 0.3) is 0 Å². The van der Waals surface area contributed by atoms with E-state index in [1.807, 2.05) is 12.1 Å². The van der Waals surface area contributed by atoms with Gasteiger partial charge in [-0.1, -0.05) is 41.9 Å². The molecule has 0 aliphatic heterocycles. The van der Waals surface area contributed by atoms with Crippen LogP contribution in [-0.4, -0.2) is 16.7 Å². The molecule has 26 heavy (non-hydrogen) atoms. The molecule has 1 aromatic heterocycles. The van der Waals surface area contributed by atoms with Gasteiger partial charge in [0.2, 0.25) is 11.7 Å². The number of aromatic nitrogens is 1. The smallest absolute Gasteiger partial charge is 0.249 e. The number of amides is 1. The fourth-order valence-corrected chi connectivity index (χ4v) is 2.71. The molecule has 0 saturated carbocycles. The number of nitrogens with one attached hydrogen (secondary N) is 1. The van der Waals surface area contributed by atoms with Gasteiger partial charge < -0.3 is 5.32 Å². The van der Waals surface area contributed by atoms with Gasteiger partial charge in [0.15, 0.2) is 5.92 Å². The van der Waals surface area contributed by atoms with Gasteiger partial charge in [0.05, 0.1) is 11.6 Å². The van der Waals surface area contributed by atoms with Crippen LogP contribution in [0.1, 0.15) is 16.1 Å². The molecule has 1 N–H and O–H groups in total. The number of hydrogen-bond donors (Lipinski definition) is 1. The fraction of sp³-hybridized carbons (Fsp3) is 0.100. The van der Waals surface area contributed by atoms with Crippen molar-refractivity contribution in [2.45, 2.75) is 6.92 Å². The molecule has 6 heteroatoms. The van der Waals surface area contributed by atoms with E-state index in [2.05, 4.69) is 10.3 Å². The van der Waals surface area contributed by atoms with Crippen LogP contribution >= 0.6 is 11.6 Å². The van der Waals surface area contributed by atoms with E-state index in [1.54, 1.807) is 49.4 Å². The summed E-state index contributed by atoms with van der Waals surface area (Å²) in [7, 11) is 0. The van der Waals surface area contributed by atoms with E-state index >= 15 is 0 Å². The third-order valence-electron chi connectivity index (χ3n) is 4.03. The summed E-state index contributed by atoms with van der Waals surface area (Å²) >= 11 is 6.03. The first-order chi connectivity index (χ1) is 12.5. The van der Waals surface area contributed by atoms with Crippen LogP contribution in [0.5, 0.6) is 0 Å². The minimum atomic E-state index is -1.50. The van der Waals surface area contributed by atoms with Crippen molar-refractivity contribution in [2.24, 2.45) is 5.92 Å². The van der Waals surface area contributed by atoms with Crippen molar-refractivity contribution in [2.75, 3.05) is 5.32 Å². The summed E-state index contributed by atoms with van der Waals surface area (Å²) in [4.78, 5) is 29.4. The summed E-state index contributed by atoms with van der Waals surface area (Å²) in [6.07, 6.45) is 0. The van der Waals surface area contributed by atoms with Crippen molar-refractivity contribution in [3.05, 3.63) is 70.9 Å². The number of rotatable bonds is 4.